The van der Waals surface area contributed by atoms with Gasteiger partial charge in [-0.2, -0.15) is 13.2 Å². The molecule has 26 heavy (non-hydrogen) atoms. The highest BCUT2D eigenvalue weighted by Gasteiger charge is 2.40. The quantitative estimate of drug-likeness (QED) is 0.824. The topological polar surface area (TPSA) is 58.2 Å². The first-order valence-corrected chi connectivity index (χ1v) is 8.96. The van der Waals surface area contributed by atoms with Gasteiger partial charge in [0.2, 0.25) is 5.91 Å². The minimum Gasteiger partial charge on any atom is -0.343 e. The third kappa shape index (κ3) is 4.56. The van der Waals surface area contributed by atoms with Gasteiger partial charge >= 0.3 is 6.18 Å². The number of hydrogen-bond acceptors (Lipinski definition) is 2. The summed E-state index contributed by atoms with van der Waals surface area (Å²) in [5, 5.41) is 4.66. The SMILES string of the molecule is Cc1ccc(C(=O)NCC(F)(F)F)cc1NC(=O)CC1CC2CCC1C2. The molecule has 2 N–H and O–H groups in total. The van der Waals surface area contributed by atoms with E-state index in [0.717, 1.165) is 17.9 Å². The second-order valence-corrected chi connectivity index (χ2v) is 7.51. The van der Waals surface area contributed by atoms with Gasteiger partial charge in [0.25, 0.3) is 5.91 Å². The van der Waals surface area contributed by atoms with E-state index in [-0.39, 0.29) is 11.5 Å². The van der Waals surface area contributed by atoms with Crippen LogP contribution < -0.4 is 10.6 Å². The number of benzene rings is 1. The number of carbonyl (C=O) groups excluding carboxylic acids is 2. The molecule has 7 heteroatoms. The van der Waals surface area contributed by atoms with Gasteiger partial charge in [0.05, 0.1) is 0 Å². The van der Waals surface area contributed by atoms with E-state index in [9.17, 15) is 22.8 Å². The van der Waals surface area contributed by atoms with Crippen LogP contribution in [0.3, 0.4) is 0 Å². The smallest absolute Gasteiger partial charge is 0.343 e. The van der Waals surface area contributed by atoms with Crippen molar-refractivity contribution in [3.05, 3.63) is 29.3 Å². The van der Waals surface area contributed by atoms with Crippen molar-refractivity contribution in [3.63, 3.8) is 0 Å². The van der Waals surface area contributed by atoms with Gasteiger partial charge in [-0.1, -0.05) is 12.5 Å². The molecule has 1 aromatic carbocycles. The number of fused-ring (bicyclic) bond motifs is 2. The number of amides is 2. The number of anilines is 1. The summed E-state index contributed by atoms with van der Waals surface area (Å²) in [6.45, 7) is 0.399. The number of carbonyl (C=O) groups is 2. The Hall–Kier alpha value is -2.05. The predicted octanol–water partition coefficient (Wildman–Crippen LogP) is 4.05. The van der Waals surface area contributed by atoms with Crippen LogP contribution in [0.5, 0.6) is 0 Å². The predicted molar refractivity (Wildman–Crippen MR) is 91.8 cm³/mol. The van der Waals surface area contributed by atoms with Crippen LogP contribution in [0.1, 0.15) is 48.0 Å². The van der Waals surface area contributed by atoms with Gasteiger partial charge in [0.1, 0.15) is 6.54 Å². The molecular formula is C19H23F3N2O2. The molecule has 2 amide bonds. The maximum atomic E-state index is 12.4. The van der Waals surface area contributed by atoms with Crippen LogP contribution in [0.25, 0.3) is 0 Å². The minimum absolute atomic E-state index is 0.0927. The van der Waals surface area contributed by atoms with Gasteiger partial charge in [-0.25, -0.2) is 0 Å². The average molecular weight is 368 g/mol. The second-order valence-electron chi connectivity index (χ2n) is 7.51. The molecule has 3 unspecified atom stereocenters. The molecule has 2 saturated carbocycles. The number of nitrogens with one attached hydrogen (secondary N) is 2. The molecule has 2 aliphatic rings. The summed E-state index contributed by atoms with van der Waals surface area (Å²) in [5.74, 6) is 0.920. The van der Waals surface area contributed by atoms with Crippen LogP contribution >= 0.6 is 0 Å². The van der Waals surface area contributed by atoms with Crippen LogP contribution in [0, 0.1) is 24.7 Å². The van der Waals surface area contributed by atoms with Crippen molar-refractivity contribution in [1.82, 2.24) is 5.32 Å². The molecule has 2 fully saturated rings. The normalized spacial score (nSPS) is 24.5. The molecule has 0 heterocycles. The number of aryl methyl sites for hydroxylation is 1. The van der Waals surface area contributed by atoms with Gasteiger partial charge in [-0.05, 0) is 61.6 Å². The van der Waals surface area contributed by atoms with Gasteiger partial charge in [-0.3, -0.25) is 9.59 Å². The number of hydrogen-bond donors (Lipinski definition) is 2. The molecule has 0 radical (unpaired) electrons. The highest BCUT2D eigenvalue weighted by atomic mass is 19.4. The summed E-state index contributed by atoms with van der Waals surface area (Å²) >= 11 is 0. The lowest BCUT2D eigenvalue weighted by atomic mass is 9.86. The van der Waals surface area contributed by atoms with Crippen molar-refractivity contribution in [2.45, 2.75) is 45.2 Å². The Balaban J connectivity index is 1.60. The Kier molecular flexibility index (Phi) is 5.25. The van der Waals surface area contributed by atoms with E-state index < -0.39 is 18.6 Å². The summed E-state index contributed by atoms with van der Waals surface area (Å²) in [5.41, 5.74) is 1.33. The van der Waals surface area contributed by atoms with Crippen LogP contribution in [0.4, 0.5) is 18.9 Å². The highest BCUT2D eigenvalue weighted by Crippen LogP contribution is 2.49. The van der Waals surface area contributed by atoms with Crippen molar-refractivity contribution in [3.8, 4) is 0 Å². The first-order chi connectivity index (χ1) is 12.2. The Morgan fingerprint density at radius 1 is 1.19 bits per heavy atom. The van der Waals surface area contributed by atoms with E-state index in [4.69, 9.17) is 0 Å². The zero-order valence-electron chi connectivity index (χ0n) is 14.7. The standard InChI is InChI=1S/C19H23F3N2O2/c1-11-2-4-14(18(26)23-10-19(20,21)22)8-16(11)24-17(25)9-15-7-12-3-5-13(15)6-12/h2,4,8,12-13,15H,3,5-7,9-10H2,1H3,(H,23,26)(H,24,25). The zero-order chi connectivity index (χ0) is 18.9. The second kappa shape index (κ2) is 7.29. The summed E-state index contributed by atoms with van der Waals surface area (Å²) in [7, 11) is 0. The Morgan fingerprint density at radius 3 is 2.58 bits per heavy atom. The summed E-state index contributed by atoms with van der Waals surface area (Å²) in [6, 6.07) is 4.50. The van der Waals surface area contributed by atoms with Crippen molar-refractivity contribution < 1.29 is 22.8 Å². The summed E-state index contributed by atoms with van der Waals surface area (Å²) in [4.78, 5) is 24.3. The fourth-order valence-electron chi connectivity index (χ4n) is 4.25. The third-order valence-electron chi connectivity index (χ3n) is 5.56. The molecule has 4 nitrogen and oxygen atoms in total. The van der Waals surface area contributed by atoms with Crippen LogP contribution in [-0.2, 0) is 4.79 Å². The Labute approximate surface area is 150 Å². The van der Waals surface area contributed by atoms with Gasteiger partial charge in [-0.15, -0.1) is 0 Å². The molecule has 0 aromatic heterocycles. The van der Waals surface area contributed by atoms with Crippen LogP contribution in [0.2, 0.25) is 0 Å². The third-order valence-corrected chi connectivity index (χ3v) is 5.56. The van der Waals surface area contributed by atoms with E-state index >= 15 is 0 Å². The van der Waals surface area contributed by atoms with Crippen molar-refractivity contribution in [2.75, 3.05) is 11.9 Å². The first-order valence-electron chi connectivity index (χ1n) is 8.96. The van der Waals surface area contributed by atoms with Crippen molar-refractivity contribution in [2.24, 2.45) is 17.8 Å². The fraction of sp³-hybridized carbons (Fsp3) is 0.579. The van der Waals surface area contributed by atoms with Crippen LogP contribution in [0.15, 0.2) is 18.2 Å². The molecule has 0 saturated heterocycles. The largest absolute Gasteiger partial charge is 0.405 e. The van der Waals surface area contributed by atoms with E-state index in [0.29, 0.717) is 23.9 Å². The fourth-order valence-corrected chi connectivity index (χ4v) is 4.25. The van der Waals surface area contributed by atoms with E-state index in [2.05, 4.69) is 5.32 Å². The molecule has 3 atom stereocenters. The molecule has 142 valence electrons. The van der Waals surface area contributed by atoms with Crippen LogP contribution in [-0.4, -0.2) is 24.5 Å². The number of rotatable bonds is 5. The van der Waals surface area contributed by atoms with Gasteiger partial charge in [0, 0.05) is 17.7 Å². The zero-order valence-corrected chi connectivity index (χ0v) is 14.7. The minimum atomic E-state index is -4.46. The Morgan fingerprint density at radius 2 is 1.96 bits per heavy atom. The van der Waals surface area contributed by atoms with Crippen molar-refractivity contribution in [1.29, 1.82) is 0 Å². The van der Waals surface area contributed by atoms with Crippen molar-refractivity contribution >= 4 is 17.5 Å². The molecule has 2 bridgehead atoms. The molecule has 3 rings (SSSR count). The van der Waals surface area contributed by atoms with E-state index in [1.165, 1.54) is 31.4 Å². The molecular weight excluding hydrogens is 345 g/mol. The lowest BCUT2D eigenvalue weighted by Gasteiger charge is -2.21. The van der Waals surface area contributed by atoms with E-state index in [1.54, 1.807) is 13.0 Å². The first kappa shape index (κ1) is 18.7. The molecule has 2 aliphatic carbocycles. The maximum Gasteiger partial charge on any atom is 0.405 e. The lowest BCUT2D eigenvalue weighted by molar-refractivity contribution is -0.123. The maximum absolute atomic E-state index is 12.4. The lowest BCUT2D eigenvalue weighted by Crippen LogP contribution is -2.33. The molecule has 0 spiro atoms. The monoisotopic (exact) mass is 368 g/mol. The van der Waals surface area contributed by atoms with Gasteiger partial charge < -0.3 is 10.6 Å². The molecule has 0 aliphatic heterocycles. The van der Waals surface area contributed by atoms with E-state index in [1.807, 2.05) is 5.32 Å². The Bertz CT molecular complexity index is 703. The summed E-state index contributed by atoms with van der Waals surface area (Å²) < 4.78 is 36.7. The molecule has 1 aromatic rings. The highest BCUT2D eigenvalue weighted by molar-refractivity contribution is 5.97. The number of halogens is 3. The summed E-state index contributed by atoms with van der Waals surface area (Å²) in [6.07, 6.45) is 0.819. The average Bonchev–Trinajstić information content (AvgIpc) is 3.16. The number of alkyl halides is 3. The van der Waals surface area contributed by atoms with Gasteiger partial charge in [0.15, 0.2) is 0 Å².